The summed E-state index contributed by atoms with van der Waals surface area (Å²) >= 11 is 0. The van der Waals surface area contributed by atoms with E-state index in [0.29, 0.717) is 12.2 Å². The van der Waals surface area contributed by atoms with E-state index in [4.69, 9.17) is 9.47 Å². The van der Waals surface area contributed by atoms with Gasteiger partial charge in [0.15, 0.2) is 12.6 Å². The molecule has 0 aromatic heterocycles. The van der Waals surface area contributed by atoms with Gasteiger partial charge in [-0.3, -0.25) is 0 Å². The van der Waals surface area contributed by atoms with Crippen molar-refractivity contribution in [1.82, 2.24) is 0 Å². The van der Waals surface area contributed by atoms with Crippen LogP contribution >= 0.6 is 0 Å². The quantitative estimate of drug-likeness (QED) is 0.769. The molecule has 0 bridgehead atoms. The Hall–Kier alpha value is -1.72. The number of hydrogen-bond donors (Lipinski definition) is 2. The lowest BCUT2D eigenvalue weighted by Crippen LogP contribution is -2.30. The van der Waals surface area contributed by atoms with Crippen molar-refractivity contribution >= 4 is 0 Å². The molecule has 2 aromatic rings. The van der Waals surface area contributed by atoms with E-state index in [2.05, 4.69) is 0 Å². The lowest BCUT2D eigenvalue weighted by Gasteiger charge is -2.23. The highest BCUT2D eigenvalue weighted by molar-refractivity contribution is 5.15. The van der Waals surface area contributed by atoms with Gasteiger partial charge in [0.1, 0.15) is 6.10 Å². The molecule has 0 fully saturated rings. The first-order valence-corrected chi connectivity index (χ1v) is 6.89. The summed E-state index contributed by atoms with van der Waals surface area (Å²) in [4.78, 5) is 0. The molecule has 2 rings (SSSR count). The third-order valence-corrected chi connectivity index (χ3v) is 3.11. The van der Waals surface area contributed by atoms with Crippen molar-refractivity contribution in [3.8, 4) is 0 Å². The maximum atomic E-state index is 9.92. The smallest absolute Gasteiger partial charge is 0.184 e. The van der Waals surface area contributed by atoms with Crippen molar-refractivity contribution in [2.24, 2.45) is 0 Å². The van der Waals surface area contributed by atoms with E-state index in [1.165, 1.54) is 0 Å². The molecule has 3 atom stereocenters. The molecule has 0 heterocycles. The predicted octanol–water partition coefficient (Wildman–Crippen LogP) is 2.62. The maximum absolute atomic E-state index is 9.92. The number of aliphatic hydroxyl groups excluding tert-OH is 2. The van der Waals surface area contributed by atoms with Gasteiger partial charge in [-0.1, -0.05) is 60.7 Å². The monoisotopic (exact) mass is 288 g/mol. The van der Waals surface area contributed by atoms with Crippen LogP contribution in [0.5, 0.6) is 0 Å². The Morgan fingerprint density at radius 1 is 0.905 bits per heavy atom. The van der Waals surface area contributed by atoms with Crippen molar-refractivity contribution in [3.05, 3.63) is 71.8 Å². The van der Waals surface area contributed by atoms with Crippen molar-refractivity contribution in [3.63, 3.8) is 0 Å². The Balaban J connectivity index is 1.81. The zero-order valence-corrected chi connectivity index (χ0v) is 11.9. The summed E-state index contributed by atoms with van der Waals surface area (Å²) in [5.74, 6) is 0. The normalized spacial score (nSPS) is 15.4. The van der Waals surface area contributed by atoms with Crippen molar-refractivity contribution < 1.29 is 19.7 Å². The van der Waals surface area contributed by atoms with E-state index in [-0.39, 0.29) is 0 Å². The van der Waals surface area contributed by atoms with Gasteiger partial charge < -0.3 is 19.7 Å². The number of aliphatic hydroxyl groups is 2. The molecular formula is C17H20O4. The van der Waals surface area contributed by atoms with Crippen molar-refractivity contribution in [2.75, 3.05) is 0 Å². The second-order valence-corrected chi connectivity index (χ2v) is 4.79. The van der Waals surface area contributed by atoms with Gasteiger partial charge in [0.25, 0.3) is 0 Å². The molecule has 0 aliphatic heterocycles. The second kappa shape index (κ2) is 7.90. The van der Waals surface area contributed by atoms with Crippen LogP contribution in [-0.4, -0.2) is 22.6 Å². The fraction of sp³-hybridized carbons (Fsp3) is 0.294. The number of hydrogen-bond acceptors (Lipinski definition) is 4. The van der Waals surface area contributed by atoms with Crippen LogP contribution in [0.15, 0.2) is 60.7 Å². The Morgan fingerprint density at radius 2 is 1.48 bits per heavy atom. The topological polar surface area (TPSA) is 58.9 Å². The minimum absolute atomic E-state index is 0.379. The predicted molar refractivity (Wildman–Crippen MR) is 79.2 cm³/mol. The molecule has 4 heteroatoms. The molecule has 0 saturated carbocycles. The molecule has 0 spiro atoms. The van der Waals surface area contributed by atoms with Gasteiger partial charge in [-0.05, 0) is 12.5 Å². The molecule has 2 N–H and O–H groups in total. The summed E-state index contributed by atoms with van der Waals surface area (Å²) in [7, 11) is 0. The second-order valence-electron chi connectivity index (χ2n) is 4.79. The molecule has 0 saturated heterocycles. The fourth-order valence-corrected chi connectivity index (χ4v) is 1.82. The minimum atomic E-state index is -1.20. The first-order chi connectivity index (χ1) is 10.2. The number of ether oxygens (including phenoxy) is 2. The molecular weight excluding hydrogens is 268 g/mol. The van der Waals surface area contributed by atoms with Crippen molar-refractivity contribution in [1.29, 1.82) is 0 Å². The number of rotatable bonds is 7. The molecule has 2 aromatic carbocycles. The molecule has 0 radical (unpaired) electrons. The first kappa shape index (κ1) is 15.7. The number of benzene rings is 2. The first-order valence-electron chi connectivity index (χ1n) is 6.89. The Morgan fingerprint density at radius 3 is 2.10 bits per heavy atom. The average molecular weight is 288 g/mol. The van der Waals surface area contributed by atoms with E-state index in [1.807, 2.05) is 36.4 Å². The highest BCUT2D eigenvalue weighted by atomic mass is 16.7. The summed E-state index contributed by atoms with van der Waals surface area (Å²) in [6, 6.07) is 18.6. The Labute approximate surface area is 124 Å². The summed E-state index contributed by atoms with van der Waals surface area (Å²) in [6.07, 6.45) is -2.93. The van der Waals surface area contributed by atoms with E-state index >= 15 is 0 Å². The van der Waals surface area contributed by atoms with E-state index in [0.717, 1.165) is 5.56 Å². The molecule has 2 unspecified atom stereocenters. The largest absolute Gasteiger partial charge is 0.369 e. The molecule has 112 valence electrons. The van der Waals surface area contributed by atoms with Crippen LogP contribution in [-0.2, 0) is 16.1 Å². The van der Waals surface area contributed by atoms with Crippen LogP contribution in [0.2, 0.25) is 0 Å². The highest BCUT2D eigenvalue weighted by Gasteiger charge is 2.20. The summed E-state index contributed by atoms with van der Waals surface area (Å²) < 4.78 is 10.7. The zero-order chi connectivity index (χ0) is 15.1. The Bertz CT molecular complexity index is 515. The molecule has 0 amide bonds. The molecule has 4 nitrogen and oxygen atoms in total. The summed E-state index contributed by atoms with van der Waals surface area (Å²) in [5, 5.41) is 19.8. The third-order valence-electron chi connectivity index (χ3n) is 3.11. The molecule has 0 aliphatic rings. The molecule has 0 aliphatic carbocycles. The molecule has 21 heavy (non-hydrogen) atoms. The van der Waals surface area contributed by atoms with E-state index < -0.39 is 18.7 Å². The Kier molecular flexibility index (Phi) is 5.90. The fourth-order valence-electron chi connectivity index (χ4n) is 1.82. The van der Waals surface area contributed by atoms with Gasteiger partial charge >= 0.3 is 0 Å². The summed E-state index contributed by atoms with van der Waals surface area (Å²) in [5.41, 5.74) is 1.60. The maximum Gasteiger partial charge on any atom is 0.184 e. The summed E-state index contributed by atoms with van der Waals surface area (Å²) in [6.45, 7) is 2.08. The van der Waals surface area contributed by atoms with Crippen LogP contribution in [0.3, 0.4) is 0 Å². The van der Waals surface area contributed by atoms with Crippen molar-refractivity contribution in [2.45, 2.75) is 32.2 Å². The standard InChI is InChI=1S/C17H20O4/c1-13(20-12-14-8-4-2-5-9-14)16(18)21-17(19)15-10-6-3-7-11-15/h2-11,13,16-19H,12H2,1H3/t13?,16-,17?/m1/s1. The van der Waals surface area contributed by atoms with Crippen LogP contribution in [0.1, 0.15) is 24.3 Å². The lowest BCUT2D eigenvalue weighted by atomic mass is 10.2. The third kappa shape index (κ3) is 4.95. The average Bonchev–Trinajstić information content (AvgIpc) is 2.54. The minimum Gasteiger partial charge on any atom is -0.369 e. The van der Waals surface area contributed by atoms with Gasteiger partial charge in [-0.25, -0.2) is 0 Å². The van der Waals surface area contributed by atoms with Crippen LogP contribution in [0.25, 0.3) is 0 Å². The van der Waals surface area contributed by atoms with Gasteiger partial charge in [0.2, 0.25) is 0 Å². The highest BCUT2D eigenvalue weighted by Crippen LogP contribution is 2.17. The van der Waals surface area contributed by atoms with Gasteiger partial charge in [0.05, 0.1) is 6.61 Å². The zero-order valence-electron chi connectivity index (χ0n) is 11.9. The van der Waals surface area contributed by atoms with E-state index in [1.54, 1.807) is 31.2 Å². The van der Waals surface area contributed by atoms with Crippen LogP contribution in [0, 0.1) is 0 Å². The van der Waals surface area contributed by atoms with Gasteiger partial charge in [-0.15, -0.1) is 0 Å². The van der Waals surface area contributed by atoms with Gasteiger partial charge in [-0.2, -0.15) is 0 Å². The van der Waals surface area contributed by atoms with Crippen LogP contribution < -0.4 is 0 Å². The van der Waals surface area contributed by atoms with Gasteiger partial charge in [0, 0.05) is 5.56 Å². The lowest BCUT2D eigenvalue weighted by molar-refractivity contribution is -0.250. The van der Waals surface area contributed by atoms with Crippen LogP contribution in [0.4, 0.5) is 0 Å². The SMILES string of the molecule is CC(OCc1ccccc1)[C@H](O)OC(O)c1ccccc1. The van der Waals surface area contributed by atoms with E-state index in [9.17, 15) is 10.2 Å².